The van der Waals surface area contributed by atoms with Gasteiger partial charge in [-0.15, -0.1) is 0 Å². The van der Waals surface area contributed by atoms with Crippen LogP contribution in [0.15, 0.2) is 61.2 Å². The number of carbonyl (C=O) groups is 1. The lowest BCUT2D eigenvalue weighted by Gasteiger charge is -2.37. The van der Waals surface area contributed by atoms with Gasteiger partial charge in [0.2, 0.25) is 5.88 Å². The lowest BCUT2D eigenvalue weighted by molar-refractivity contribution is 0.0325. The van der Waals surface area contributed by atoms with E-state index in [1.165, 1.54) is 0 Å². The Labute approximate surface area is 212 Å². The molecule has 4 heterocycles. The highest BCUT2D eigenvalue weighted by Crippen LogP contribution is 2.27. The molecule has 0 radical (unpaired) electrons. The number of aromatic nitrogens is 3. The Hall–Kier alpha value is -3.80. The molecule has 1 aliphatic rings. The second-order valence-corrected chi connectivity index (χ2v) is 9.22. The molecule has 0 aromatic carbocycles. The lowest BCUT2D eigenvalue weighted by Crippen LogP contribution is -2.49. The smallest absolute Gasteiger partial charge is 0.259 e. The van der Waals surface area contributed by atoms with Crippen molar-refractivity contribution in [3.8, 4) is 17.7 Å². The molecule has 3 aromatic heterocycles. The number of hydrogen-bond donors (Lipinski definition) is 1. The predicted molar refractivity (Wildman–Crippen MR) is 136 cm³/mol. The van der Waals surface area contributed by atoms with Crippen molar-refractivity contribution < 1.29 is 14.6 Å². The summed E-state index contributed by atoms with van der Waals surface area (Å²) < 4.78 is 6.37. The number of aliphatic hydroxyl groups excluding tert-OH is 1. The van der Waals surface area contributed by atoms with Crippen LogP contribution in [-0.4, -0.2) is 74.7 Å². The summed E-state index contributed by atoms with van der Waals surface area (Å²) in [6.45, 7) is 5.58. The van der Waals surface area contributed by atoms with Gasteiger partial charge >= 0.3 is 0 Å². The first-order valence-corrected chi connectivity index (χ1v) is 12.0. The third-order valence-electron chi connectivity index (χ3n) is 6.19. The fourth-order valence-electron chi connectivity index (χ4n) is 4.14. The van der Waals surface area contributed by atoms with Crippen LogP contribution in [0.5, 0.6) is 5.88 Å². The normalized spacial score (nSPS) is 18.4. The number of amides is 1. The summed E-state index contributed by atoms with van der Waals surface area (Å²) in [6.07, 6.45) is 6.69. The van der Waals surface area contributed by atoms with Crippen molar-refractivity contribution >= 4 is 5.91 Å². The molecule has 4 rings (SSSR count). The molecule has 1 aliphatic heterocycles. The van der Waals surface area contributed by atoms with E-state index in [9.17, 15) is 9.90 Å². The maximum absolute atomic E-state index is 13.5. The van der Waals surface area contributed by atoms with Gasteiger partial charge in [-0.25, -0.2) is 9.97 Å². The molecule has 0 fully saturated rings. The van der Waals surface area contributed by atoms with E-state index in [1.54, 1.807) is 29.6 Å². The number of carbonyl (C=O) groups excluding carboxylic acids is 1. The highest BCUT2D eigenvalue weighted by Gasteiger charge is 2.34. The molecule has 0 bridgehead atoms. The number of ether oxygens (including phenoxy) is 1. The van der Waals surface area contributed by atoms with E-state index in [-0.39, 0.29) is 36.5 Å². The van der Waals surface area contributed by atoms with Gasteiger partial charge in [-0.3, -0.25) is 14.7 Å². The number of pyridine rings is 3. The highest BCUT2D eigenvalue weighted by atomic mass is 16.5. The summed E-state index contributed by atoms with van der Waals surface area (Å²) in [6, 6.07) is 10.9. The predicted octanol–water partition coefficient (Wildman–Crippen LogP) is 2.62. The minimum absolute atomic E-state index is 0.0119. The standard InChI is InChI=1S/C28H31N5O3/c1-20-16-33(21(2)19-34)28(35)25-13-22(9-10-24-8-4-5-12-30-24)15-31-27(25)36-26(20)18-32(3)17-23-7-6-11-29-14-23/h4-8,11-15,20-21,26,34H,16-19H2,1-3H3/t20-,21-,26-/m0/s1. The second kappa shape index (κ2) is 11.8. The Bertz CT molecular complexity index is 1230. The van der Waals surface area contributed by atoms with E-state index in [1.807, 2.05) is 50.5 Å². The second-order valence-electron chi connectivity index (χ2n) is 9.22. The van der Waals surface area contributed by atoms with Crippen molar-refractivity contribution in [3.63, 3.8) is 0 Å². The zero-order valence-electron chi connectivity index (χ0n) is 20.8. The van der Waals surface area contributed by atoms with Crippen LogP contribution in [0.2, 0.25) is 0 Å². The molecule has 36 heavy (non-hydrogen) atoms. The zero-order valence-corrected chi connectivity index (χ0v) is 20.8. The monoisotopic (exact) mass is 485 g/mol. The molecule has 0 spiro atoms. The average Bonchev–Trinajstić information content (AvgIpc) is 2.90. The van der Waals surface area contributed by atoms with Gasteiger partial charge in [0, 0.05) is 55.9 Å². The summed E-state index contributed by atoms with van der Waals surface area (Å²) in [7, 11) is 2.03. The number of hydrogen-bond acceptors (Lipinski definition) is 7. The summed E-state index contributed by atoms with van der Waals surface area (Å²) in [5.74, 6) is 6.11. The summed E-state index contributed by atoms with van der Waals surface area (Å²) in [4.78, 5) is 30.3. The van der Waals surface area contributed by atoms with Gasteiger partial charge in [-0.05, 0) is 49.7 Å². The van der Waals surface area contributed by atoms with Gasteiger partial charge in [-0.1, -0.05) is 25.0 Å². The van der Waals surface area contributed by atoms with E-state index in [4.69, 9.17) is 4.74 Å². The van der Waals surface area contributed by atoms with Gasteiger partial charge in [0.25, 0.3) is 5.91 Å². The van der Waals surface area contributed by atoms with Crippen LogP contribution in [-0.2, 0) is 6.54 Å². The third kappa shape index (κ3) is 6.25. The topological polar surface area (TPSA) is 91.7 Å². The Morgan fingerprint density at radius 1 is 1.19 bits per heavy atom. The quantitative estimate of drug-likeness (QED) is 0.537. The van der Waals surface area contributed by atoms with Crippen molar-refractivity contribution in [1.82, 2.24) is 24.8 Å². The Balaban J connectivity index is 1.63. The van der Waals surface area contributed by atoms with Crippen LogP contribution in [0.4, 0.5) is 0 Å². The number of fused-ring (bicyclic) bond motifs is 1. The molecule has 0 aliphatic carbocycles. The zero-order chi connectivity index (χ0) is 25.5. The van der Waals surface area contributed by atoms with E-state index < -0.39 is 0 Å². The first kappa shape index (κ1) is 25.3. The van der Waals surface area contributed by atoms with E-state index in [2.05, 4.69) is 38.6 Å². The molecule has 0 saturated carbocycles. The highest BCUT2D eigenvalue weighted by molar-refractivity contribution is 5.97. The van der Waals surface area contributed by atoms with Crippen LogP contribution >= 0.6 is 0 Å². The average molecular weight is 486 g/mol. The molecule has 0 unspecified atom stereocenters. The van der Waals surface area contributed by atoms with Crippen LogP contribution in [0.1, 0.15) is 41.0 Å². The summed E-state index contributed by atoms with van der Waals surface area (Å²) >= 11 is 0. The number of rotatable bonds is 6. The van der Waals surface area contributed by atoms with Crippen LogP contribution in [0, 0.1) is 17.8 Å². The van der Waals surface area contributed by atoms with Crippen LogP contribution in [0.3, 0.4) is 0 Å². The Kier molecular flexibility index (Phi) is 8.26. The summed E-state index contributed by atoms with van der Waals surface area (Å²) in [5, 5.41) is 9.86. The first-order valence-electron chi connectivity index (χ1n) is 12.0. The van der Waals surface area contributed by atoms with Crippen molar-refractivity contribution in [2.45, 2.75) is 32.5 Å². The maximum Gasteiger partial charge on any atom is 0.259 e. The molecule has 3 atom stereocenters. The fourth-order valence-corrected chi connectivity index (χ4v) is 4.14. The lowest BCUT2D eigenvalue weighted by atomic mass is 9.99. The van der Waals surface area contributed by atoms with Gasteiger partial charge < -0.3 is 14.7 Å². The van der Waals surface area contributed by atoms with Crippen molar-refractivity contribution in [1.29, 1.82) is 0 Å². The van der Waals surface area contributed by atoms with E-state index in [0.29, 0.717) is 29.9 Å². The number of aliphatic hydroxyl groups is 1. The number of nitrogens with zero attached hydrogens (tertiary/aromatic N) is 5. The molecule has 8 nitrogen and oxygen atoms in total. The van der Waals surface area contributed by atoms with Gasteiger partial charge in [0.15, 0.2) is 0 Å². The molecule has 1 N–H and O–H groups in total. The van der Waals surface area contributed by atoms with Gasteiger partial charge in [0.1, 0.15) is 17.4 Å². The largest absolute Gasteiger partial charge is 0.472 e. The molecular weight excluding hydrogens is 454 g/mol. The van der Waals surface area contributed by atoms with Crippen molar-refractivity contribution in [3.05, 3.63) is 83.6 Å². The van der Waals surface area contributed by atoms with E-state index >= 15 is 0 Å². The van der Waals surface area contributed by atoms with Gasteiger partial charge in [0.05, 0.1) is 12.6 Å². The first-order chi connectivity index (χ1) is 17.4. The SMILES string of the molecule is C[C@H]1CN([C@@H](C)CO)C(=O)c2cc(C#Cc3ccccn3)cnc2O[C@H]1CN(C)Cc1cccnc1. The molecular formula is C28H31N5O3. The molecule has 186 valence electrons. The van der Waals surface area contributed by atoms with E-state index in [0.717, 1.165) is 12.1 Å². The Morgan fingerprint density at radius 3 is 2.78 bits per heavy atom. The minimum atomic E-state index is -0.345. The molecule has 0 saturated heterocycles. The van der Waals surface area contributed by atoms with Crippen LogP contribution < -0.4 is 4.74 Å². The molecule has 1 amide bonds. The van der Waals surface area contributed by atoms with Gasteiger partial charge in [-0.2, -0.15) is 0 Å². The fraction of sp³-hybridized carbons (Fsp3) is 0.357. The third-order valence-corrected chi connectivity index (χ3v) is 6.19. The number of likely N-dealkylation sites (N-methyl/N-ethyl adjacent to an activating group) is 1. The Morgan fingerprint density at radius 2 is 2.06 bits per heavy atom. The van der Waals surface area contributed by atoms with Crippen molar-refractivity contribution in [2.24, 2.45) is 5.92 Å². The molecule has 3 aromatic rings. The van der Waals surface area contributed by atoms with Crippen LogP contribution in [0.25, 0.3) is 0 Å². The molecule has 8 heteroatoms. The summed E-state index contributed by atoms with van der Waals surface area (Å²) in [5.41, 5.74) is 2.67. The maximum atomic E-state index is 13.5. The van der Waals surface area contributed by atoms with Crippen molar-refractivity contribution in [2.75, 3.05) is 26.7 Å². The minimum Gasteiger partial charge on any atom is -0.472 e.